The third-order valence-corrected chi connectivity index (χ3v) is 7.17. The molecule has 0 unspecified atom stereocenters. The maximum absolute atomic E-state index is 12.4. The summed E-state index contributed by atoms with van der Waals surface area (Å²) in [5, 5.41) is 9.03. The summed E-state index contributed by atoms with van der Waals surface area (Å²) in [6, 6.07) is 6.22. The van der Waals surface area contributed by atoms with Crippen LogP contribution in [-0.2, 0) is 10.0 Å². The molecule has 0 aliphatic rings. The molecular weight excluding hydrogens is 380 g/mol. The van der Waals surface area contributed by atoms with Gasteiger partial charge in [-0.05, 0) is 36.8 Å². The van der Waals surface area contributed by atoms with Gasteiger partial charge in [-0.2, -0.15) is 0 Å². The van der Waals surface area contributed by atoms with Crippen LogP contribution in [0.2, 0.25) is 4.47 Å². The van der Waals surface area contributed by atoms with Crippen molar-refractivity contribution in [2.24, 2.45) is 0 Å². The molecule has 1 aromatic carbocycles. The summed E-state index contributed by atoms with van der Waals surface area (Å²) in [5.74, 6) is -1.14. The van der Waals surface area contributed by atoms with Gasteiger partial charge in [-0.3, -0.25) is 4.72 Å². The van der Waals surface area contributed by atoms with Crippen molar-refractivity contribution in [3.8, 4) is 0 Å². The minimum Gasteiger partial charge on any atom is -0.477 e. The van der Waals surface area contributed by atoms with Crippen LogP contribution in [-0.4, -0.2) is 24.5 Å². The second kappa shape index (κ2) is 5.75. The molecule has 3 aromatic rings. The number of carboxylic acids is 1. The summed E-state index contributed by atoms with van der Waals surface area (Å²) in [6.45, 7) is 1.56. The van der Waals surface area contributed by atoms with Crippen LogP contribution in [0.3, 0.4) is 0 Å². The predicted octanol–water partition coefficient (Wildman–Crippen LogP) is 3.82. The molecule has 0 saturated carbocycles. The van der Waals surface area contributed by atoms with E-state index >= 15 is 0 Å². The van der Waals surface area contributed by atoms with E-state index in [1.807, 2.05) is 0 Å². The molecule has 120 valence electrons. The third kappa shape index (κ3) is 3.18. The Kier molecular flexibility index (Phi) is 4.05. The molecule has 0 amide bonds. The van der Waals surface area contributed by atoms with Gasteiger partial charge in [-0.25, -0.2) is 18.2 Å². The van der Waals surface area contributed by atoms with E-state index in [1.165, 1.54) is 17.4 Å². The Morgan fingerprint density at radius 2 is 2.04 bits per heavy atom. The van der Waals surface area contributed by atoms with E-state index < -0.39 is 16.0 Å². The first-order valence-corrected chi connectivity index (χ1v) is 9.68. The Morgan fingerprint density at radius 3 is 2.70 bits per heavy atom. The molecule has 2 aromatic heterocycles. The van der Waals surface area contributed by atoms with Gasteiger partial charge in [-0.1, -0.05) is 11.6 Å². The van der Waals surface area contributed by atoms with E-state index in [4.69, 9.17) is 16.7 Å². The number of fused-ring (bicyclic) bond motifs is 1. The number of halogens is 1. The number of hydrogen-bond acceptors (Lipinski definition) is 6. The van der Waals surface area contributed by atoms with Gasteiger partial charge in [0.05, 0.1) is 15.9 Å². The summed E-state index contributed by atoms with van der Waals surface area (Å²) < 4.78 is 28.3. The number of rotatable bonds is 4. The number of nitrogens with one attached hydrogen (secondary N) is 1. The van der Waals surface area contributed by atoms with Crippen molar-refractivity contribution in [2.45, 2.75) is 11.1 Å². The van der Waals surface area contributed by atoms with Gasteiger partial charge in [0.2, 0.25) is 0 Å². The minimum atomic E-state index is -3.85. The maximum atomic E-state index is 12.4. The number of thiophene rings is 1. The van der Waals surface area contributed by atoms with Gasteiger partial charge in [0.1, 0.15) is 9.09 Å². The number of nitrogens with zero attached hydrogens (tertiary/aromatic N) is 1. The highest BCUT2D eigenvalue weighted by molar-refractivity contribution is 7.94. The standard InChI is InChI=1S/C13H9ClN2O4S3/c1-6-4-10(22-11(6)12(17)18)23(19,20)16-7-2-3-8-9(5-7)21-13(14)15-8/h2-5,16H,1H3,(H,17,18). The van der Waals surface area contributed by atoms with Crippen molar-refractivity contribution in [1.29, 1.82) is 0 Å². The Labute approximate surface area is 144 Å². The highest BCUT2D eigenvalue weighted by atomic mass is 35.5. The SMILES string of the molecule is Cc1cc(S(=O)(=O)Nc2ccc3nc(Cl)sc3c2)sc1C(=O)O. The lowest BCUT2D eigenvalue weighted by Crippen LogP contribution is -2.11. The third-order valence-electron chi connectivity index (χ3n) is 2.97. The van der Waals surface area contributed by atoms with Crippen LogP contribution in [0, 0.1) is 6.92 Å². The molecule has 0 fully saturated rings. The highest BCUT2D eigenvalue weighted by Gasteiger charge is 2.22. The number of carbonyl (C=O) groups is 1. The van der Waals surface area contributed by atoms with Crippen LogP contribution in [0.5, 0.6) is 0 Å². The Balaban J connectivity index is 1.95. The molecule has 0 aliphatic heterocycles. The number of anilines is 1. The number of aromatic nitrogens is 1. The predicted molar refractivity (Wildman–Crippen MR) is 91.5 cm³/mol. The van der Waals surface area contributed by atoms with E-state index in [1.54, 1.807) is 25.1 Å². The number of hydrogen-bond donors (Lipinski definition) is 2. The minimum absolute atomic E-state index is 0.00932. The van der Waals surface area contributed by atoms with Gasteiger partial charge in [0.15, 0.2) is 4.47 Å². The van der Waals surface area contributed by atoms with Crippen molar-refractivity contribution in [1.82, 2.24) is 4.98 Å². The van der Waals surface area contributed by atoms with Crippen LogP contribution in [0.1, 0.15) is 15.2 Å². The fraction of sp³-hybridized carbons (Fsp3) is 0.0769. The van der Waals surface area contributed by atoms with Gasteiger partial charge in [0.25, 0.3) is 10.0 Å². The van der Waals surface area contributed by atoms with Gasteiger partial charge < -0.3 is 5.11 Å². The Bertz CT molecular complexity index is 1020. The molecule has 0 bridgehead atoms. The Morgan fingerprint density at radius 1 is 1.30 bits per heavy atom. The smallest absolute Gasteiger partial charge is 0.346 e. The number of carboxylic acid groups (broad SMARTS) is 1. The van der Waals surface area contributed by atoms with E-state index in [2.05, 4.69) is 9.71 Å². The van der Waals surface area contributed by atoms with Crippen LogP contribution < -0.4 is 4.72 Å². The lowest BCUT2D eigenvalue weighted by Gasteiger charge is -2.05. The topological polar surface area (TPSA) is 96.4 Å². The van der Waals surface area contributed by atoms with E-state index in [-0.39, 0.29) is 9.09 Å². The van der Waals surface area contributed by atoms with E-state index in [0.717, 1.165) is 16.0 Å². The molecule has 23 heavy (non-hydrogen) atoms. The molecule has 2 N–H and O–H groups in total. The molecular formula is C13H9ClN2O4S3. The van der Waals surface area contributed by atoms with Gasteiger partial charge >= 0.3 is 5.97 Å². The van der Waals surface area contributed by atoms with Crippen LogP contribution in [0.4, 0.5) is 5.69 Å². The molecule has 0 spiro atoms. The molecule has 0 radical (unpaired) electrons. The number of aromatic carboxylic acids is 1. The molecule has 0 aliphatic carbocycles. The fourth-order valence-corrected chi connectivity index (χ4v) is 5.46. The molecule has 0 saturated heterocycles. The molecule has 3 rings (SSSR count). The second-order valence-electron chi connectivity index (χ2n) is 4.64. The maximum Gasteiger partial charge on any atom is 0.346 e. The molecule has 2 heterocycles. The summed E-state index contributed by atoms with van der Waals surface area (Å²) >= 11 is 7.79. The summed E-state index contributed by atoms with van der Waals surface area (Å²) in [4.78, 5) is 15.1. The van der Waals surface area contributed by atoms with Gasteiger partial charge in [-0.15, -0.1) is 22.7 Å². The van der Waals surface area contributed by atoms with Crippen molar-refractivity contribution in [3.63, 3.8) is 0 Å². The number of sulfonamides is 1. The number of thiazole rings is 1. The molecule has 6 nitrogen and oxygen atoms in total. The van der Waals surface area contributed by atoms with Crippen LogP contribution in [0.25, 0.3) is 10.2 Å². The first kappa shape index (κ1) is 16.2. The Hall–Kier alpha value is -1.68. The largest absolute Gasteiger partial charge is 0.477 e. The highest BCUT2D eigenvalue weighted by Crippen LogP contribution is 2.31. The van der Waals surface area contributed by atoms with Crippen molar-refractivity contribution in [2.75, 3.05) is 4.72 Å². The second-order valence-corrected chi connectivity index (χ2v) is 9.21. The lowest BCUT2D eigenvalue weighted by atomic mass is 10.3. The van der Waals surface area contributed by atoms with E-state index in [9.17, 15) is 13.2 Å². The average molecular weight is 389 g/mol. The van der Waals surface area contributed by atoms with Crippen LogP contribution >= 0.6 is 34.3 Å². The normalized spacial score (nSPS) is 11.7. The molecule has 10 heteroatoms. The zero-order valence-electron chi connectivity index (χ0n) is 11.5. The molecule has 0 atom stereocenters. The number of benzene rings is 1. The number of aryl methyl sites for hydroxylation is 1. The quantitative estimate of drug-likeness (QED) is 0.708. The summed E-state index contributed by atoms with van der Waals surface area (Å²) in [5.41, 5.74) is 1.45. The summed E-state index contributed by atoms with van der Waals surface area (Å²) in [6.07, 6.45) is 0. The zero-order valence-corrected chi connectivity index (χ0v) is 14.7. The average Bonchev–Trinajstić information content (AvgIpc) is 3.00. The van der Waals surface area contributed by atoms with Crippen molar-refractivity contribution >= 4 is 66.2 Å². The van der Waals surface area contributed by atoms with Crippen molar-refractivity contribution in [3.05, 3.63) is 39.2 Å². The van der Waals surface area contributed by atoms with E-state index in [0.29, 0.717) is 21.2 Å². The zero-order chi connectivity index (χ0) is 16.8. The summed E-state index contributed by atoms with van der Waals surface area (Å²) in [7, 11) is -3.85. The first-order chi connectivity index (χ1) is 10.8. The fourth-order valence-electron chi connectivity index (χ4n) is 1.96. The lowest BCUT2D eigenvalue weighted by molar-refractivity contribution is 0.0701. The van der Waals surface area contributed by atoms with Crippen molar-refractivity contribution < 1.29 is 18.3 Å². The van der Waals surface area contributed by atoms with Crippen LogP contribution in [0.15, 0.2) is 28.5 Å². The first-order valence-electron chi connectivity index (χ1n) is 6.19. The van der Waals surface area contributed by atoms with Gasteiger partial charge in [0, 0.05) is 0 Å². The monoisotopic (exact) mass is 388 g/mol.